The molecule has 34 heavy (non-hydrogen) atoms. The summed E-state index contributed by atoms with van der Waals surface area (Å²) in [5, 5.41) is 3.45. The Hall–Kier alpha value is -4.39. The van der Waals surface area contributed by atoms with Gasteiger partial charge in [0.2, 0.25) is 11.5 Å². The topological polar surface area (TPSA) is 86.2 Å². The molecule has 0 spiro atoms. The summed E-state index contributed by atoms with van der Waals surface area (Å²) in [6, 6.07) is 23.9. The standard InChI is InChI=1S/C27H23N3O4/c1-2-18-12-14-20(15-13-18)28-23(31)17-29-24-21-10-6-7-11-22(21)34-25(24)26(32)30(27(29)33)16-19-8-4-3-5-9-19/h3-15H,2,16-17H2,1H3,(H,28,31). The van der Waals surface area contributed by atoms with Crippen LogP contribution in [-0.4, -0.2) is 15.0 Å². The predicted molar refractivity (Wildman–Crippen MR) is 132 cm³/mol. The third-order valence-electron chi connectivity index (χ3n) is 5.87. The highest BCUT2D eigenvalue weighted by Gasteiger charge is 2.21. The first-order valence-electron chi connectivity index (χ1n) is 11.1. The largest absolute Gasteiger partial charge is 0.449 e. The van der Waals surface area contributed by atoms with E-state index < -0.39 is 11.2 Å². The van der Waals surface area contributed by atoms with Crippen molar-refractivity contribution < 1.29 is 9.21 Å². The molecule has 0 aliphatic heterocycles. The van der Waals surface area contributed by atoms with E-state index >= 15 is 0 Å². The zero-order valence-corrected chi connectivity index (χ0v) is 18.7. The Morgan fingerprint density at radius 1 is 0.853 bits per heavy atom. The van der Waals surface area contributed by atoms with Gasteiger partial charge in [0.1, 0.15) is 17.6 Å². The Morgan fingerprint density at radius 2 is 1.56 bits per heavy atom. The van der Waals surface area contributed by atoms with Crippen LogP contribution < -0.4 is 16.6 Å². The van der Waals surface area contributed by atoms with Gasteiger partial charge in [-0.15, -0.1) is 0 Å². The molecule has 0 aliphatic rings. The van der Waals surface area contributed by atoms with E-state index in [0.29, 0.717) is 22.2 Å². The van der Waals surface area contributed by atoms with Gasteiger partial charge in [-0.3, -0.25) is 18.7 Å². The number of amides is 1. The molecule has 7 nitrogen and oxygen atoms in total. The van der Waals surface area contributed by atoms with Crippen molar-refractivity contribution in [2.75, 3.05) is 5.32 Å². The quantitative estimate of drug-likeness (QED) is 0.418. The minimum atomic E-state index is -0.565. The van der Waals surface area contributed by atoms with E-state index in [9.17, 15) is 14.4 Å². The third-order valence-corrected chi connectivity index (χ3v) is 5.87. The molecule has 1 amide bonds. The fourth-order valence-electron chi connectivity index (χ4n) is 4.12. The van der Waals surface area contributed by atoms with Crippen LogP contribution in [-0.2, 0) is 24.3 Å². The highest BCUT2D eigenvalue weighted by Crippen LogP contribution is 2.25. The van der Waals surface area contributed by atoms with Crippen molar-refractivity contribution in [3.8, 4) is 0 Å². The van der Waals surface area contributed by atoms with E-state index in [-0.39, 0.29) is 24.6 Å². The molecule has 3 aromatic carbocycles. The fourth-order valence-corrected chi connectivity index (χ4v) is 4.12. The smallest absolute Gasteiger partial charge is 0.332 e. The number of fused-ring (bicyclic) bond motifs is 3. The summed E-state index contributed by atoms with van der Waals surface area (Å²) in [7, 11) is 0. The molecule has 0 unspecified atom stereocenters. The van der Waals surface area contributed by atoms with Crippen molar-refractivity contribution in [3.05, 3.63) is 111 Å². The molecule has 0 atom stereocenters. The molecular weight excluding hydrogens is 430 g/mol. The van der Waals surface area contributed by atoms with E-state index in [4.69, 9.17) is 4.42 Å². The van der Waals surface area contributed by atoms with Crippen molar-refractivity contribution in [1.29, 1.82) is 0 Å². The summed E-state index contributed by atoms with van der Waals surface area (Å²) in [6.45, 7) is 1.87. The number of aromatic nitrogens is 2. The number of carbonyl (C=O) groups excluding carboxylic acids is 1. The number of furan rings is 1. The van der Waals surface area contributed by atoms with Gasteiger partial charge < -0.3 is 9.73 Å². The van der Waals surface area contributed by atoms with Crippen LogP contribution in [0, 0.1) is 0 Å². The van der Waals surface area contributed by atoms with Crippen LogP contribution in [0.5, 0.6) is 0 Å². The fraction of sp³-hybridized carbons (Fsp3) is 0.148. The molecule has 5 rings (SSSR count). The van der Waals surface area contributed by atoms with Crippen LogP contribution in [0.3, 0.4) is 0 Å². The van der Waals surface area contributed by atoms with Gasteiger partial charge in [0.25, 0.3) is 5.56 Å². The molecule has 5 aromatic rings. The molecule has 0 saturated heterocycles. The number of nitrogens with one attached hydrogen (secondary N) is 1. The molecule has 170 valence electrons. The lowest BCUT2D eigenvalue weighted by Gasteiger charge is -2.12. The highest BCUT2D eigenvalue weighted by atomic mass is 16.3. The van der Waals surface area contributed by atoms with Crippen LogP contribution in [0.25, 0.3) is 22.1 Å². The lowest BCUT2D eigenvalue weighted by molar-refractivity contribution is -0.116. The molecule has 0 saturated carbocycles. The van der Waals surface area contributed by atoms with Gasteiger partial charge in [-0.2, -0.15) is 0 Å². The van der Waals surface area contributed by atoms with Crippen molar-refractivity contribution in [2.45, 2.75) is 26.4 Å². The molecule has 7 heteroatoms. The van der Waals surface area contributed by atoms with E-state index in [0.717, 1.165) is 22.1 Å². The predicted octanol–water partition coefficient (Wildman–Crippen LogP) is 4.16. The number of anilines is 1. The van der Waals surface area contributed by atoms with Crippen molar-refractivity contribution in [1.82, 2.24) is 9.13 Å². The summed E-state index contributed by atoms with van der Waals surface area (Å²) in [4.78, 5) is 39.7. The average molecular weight is 453 g/mol. The lowest BCUT2D eigenvalue weighted by Crippen LogP contribution is -2.41. The summed E-state index contributed by atoms with van der Waals surface area (Å²) < 4.78 is 8.29. The van der Waals surface area contributed by atoms with Gasteiger partial charge in [0.05, 0.1) is 6.54 Å². The molecule has 0 bridgehead atoms. The number of hydrogen-bond acceptors (Lipinski definition) is 4. The number of rotatable bonds is 6. The number of aryl methyl sites for hydroxylation is 1. The monoisotopic (exact) mass is 453 g/mol. The summed E-state index contributed by atoms with van der Waals surface area (Å²) in [5.41, 5.74) is 2.37. The minimum absolute atomic E-state index is 0.0526. The van der Waals surface area contributed by atoms with Crippen molar-refractivity contribution >= 4 is 33.7 Å². The maximum Gasteiger partial charge on any atom is 0.332 e. The van der Waals surface area contributed by atoms with Crippen LogP contribution in [0.4, 0.5) is 5.69 Å². The van der Waals surface area contributed by atoms with E-state index in [1.165, 1.54) is 4.57 Å². The molecule has 0 fully saturated rings. The number of nitrogens with zero attached hydrogens (tertiary/aromatic N) is 2. The van der Waals surface area contributed by atoms with Gasteiger partial charge in [0.15, 0.2) is 0 Å². The SMILES string of the molecule is CCc1ccc(NC(=O)Cn2c(=O)n(Cc3ccccc3)c(=O)c3oc4ccccc4c32)cc1. The molecule has 0 aliphatic carbocycles. The first-order valence-corrected chi connectivity index (χ1v) is 11.1. The van der Waals surface area contributed by atoms with Gasteiger partial charge in [-0.25, -0.2) is 4.79 Å². The average Bonchev–Trinajstić information content (AvgIpc) is 3.25. The lowest BCUT2D eigenvalue weighted by atomic mass is 10.1. The van der Waals surface area contributed by atoms with Crippen LogP contribution >= 0.6 is 0 Å². The maximum absolute atomic E-state index is 13.5. The Labute approximate surface area is 194 Å². The van der Waals surface area contributed by atoms with Crippen LogP contribution in [0.2, 0.25) is 0 Å². The molecule has 0 radical (unpaired) electrons. The van der Waals surface area contributed by atoms with E-state index in [2.05, 4.69) is 12.2 Å². The van der Waals surface area contributed by atoms with Gasteiger partial charge in [-0.05, 0) is 41.8 Å². The molecule has 2 aromatic heterocycles. The third kappa shape index (κ3) is 3.92. The first kappa shape index (κ1) is 21.5. The van der Waals surface area contributed by atoms with E-state index in [1.54, 1.807) is 24.3 Å². The molecule has 2 heterocycles. The van der Waals surface area contributed by atoms with Crippen LogP contribution in [0.15, 0.2) is 92.9 Å². The summed E-state index contributed by atoms with van der Waals surface area (Å²) in [5.74, 6) is -0.372. The normalized spacial score (nSPS) is 11.2. The van der Waals surface area contributed by atoms with Gasteiger partial charge >= 0.3 is 5.69 Å². The number of para-hydroxylation sites is 1. The van der Waals surface area contributed by atoms with Gasteiger partial charge in [0, 0.05) is 11.1 Å². The molecular formula is C27H23N3O4. The first-order chi connectivity index (χ1) is 16.5. The highest BCUT2D eigenvalue weighted by molar-refractivity contribution is 6.03. The number of carbonyl (C=O) groups is 1. The Bertz CT molecular complexity index is 1610. The Kier molecular flexibility index (Phi) is 5.59. The zero-order valence-electron chi connectivity index (χ0n) is 18.7. The van der Waals surface area contributed by atoms with Crippen molar-refractivity contribution in [2.24, 2.45) is 0 Å². The second-order valence-corrected chi connectivity index (χ2v) is 8.12. The minimum Gasteiger partial charge on any atom is -0.449 e. The zero-order chi connectivity index (χ0) is 23.7. The summed E-state index contributed by atoms with van der Waals surface area (Å²) >= 11 is 0. The molecule has 1 N–H and O–H groups in total. The maximum atomic E-state index is 13.5. The second-order valence-electron chi connectivity index (χ2n) is 8.12. The van der Waals surface area contributed by atoms with E-state index in [1.807, 2.05) is 54.6 Å². The Balaban J connectivity index is 1.61. The number of benzene rings is 3. The Morgan fingerprint density at radius 3 is 2.29 bits per heavy atom. The van der Waals surface area contributed by atoms with Crippen molar-refractivity contribution in [3.63, 3.8) is 0 Å². The van der Waals surface area contributed by atoms with Gasteiger partial charge in [-0.1, -0.05) is 61.5 Å². The van der Waals surface area contributed by atoms with Crippen LogP contribution in [0.1, 0.15) is 18.1 Å². The number of hydrogen-bond donors (Lipinski definition) is 1. The second kappa shape index (κ2) is 8.86. The summed E-state index contributed by atoms with van der Waals surface area (Å²) in [6.07, 6.45) is 0.901.